The lowest BCUT2D eigenvalue weighted by atomic mass is 9.72. The van der Waals surface area contributed by atoms with Gasteiger partial charge in [-0.05, 0) is 57.1 Å². The van der Waals surface area contributed by atoms with Crippen molar-refractivity contribution in [2.24, 2.45) is 5.92 Å². The second-order valence-corrected chi connectivity index (χ2v) is 6.23. The number of thiophene rings is 1. The SMILES string of the molecule is CC1CCC(C(=O)c2ccsc2)(N(C)C)CC1. The van der Waals surface area contributed by atoms with Crippen molar-refractivity contribution in [1.29, 1.82) is 0 Å². The van der Waals surface area contributed by atoms with E-state index in [4.69, 9.17) is 0 Å². The molecule has 1 aromatic rings. The van der Waals surface area contributed by atoms with Gasteiger partial charge in [-0.3, -0.25) is 9.69 Å². The number of likely N-dealkylation sites (N-methyl/N-ethyl adjacent to an activating group) is 1. The smallest absolute Gasteiger partial charge is 0.183 e. The van der Waals surface area contributed by atoms with Gasteiger partial charge >= 0.3 is 0 Å². The first-order valence-corrected chi connectivity index (χ1v) is 7.25. The molecule has 0 aliphatic heterocycles. The van der Waals surface area contributed by atoms with E-state index < -0.39 is 0 Å². The number of rotatable bonds is 3. The molecule has 94 valence electrons. The van der Waals surface area contributed by atoms with E-state index in [2.05, 4.69) is 11.8 Å². The first-order chi connectivity index (χ1) is 8.06. The lowest BCUT2D eigenvalue weighted by Gasteiger charge is -2.43. The summed E-state index contributed by atoms with van der Waals surface area (Å²) in [5.41, 5.74) is 0.631. The van der Waals surface area contributed by atoms with Gasteiger partial charge < -0.3 is 0 Å². The summed E-state index contributed by atoms with van der Waals surface area (Å²) in [6.45, 7) is 2.29. The summed E-state index contributed by atoms with van der Waals surface area (Å²) in [5.74, 6) is 1.08. The zero-order valence-electron chi connectivity index (χ0n) is 10.9. The van der Waals surface area contributed by atoms with Crippen LogP contribution in [0.15, 0.2) is 16.8 Å². The third-order valence-electron chi connectivity index (χ3n) is 4.16. The molecule has 3 heteroatoms. The van der Waals surface area contributed by atoms with E-state index in [1.54, 1.807) is 11.3 Å². The number of ketones is 1. The highest BCUT2D eigenvalue weighted by atomic mass is 32.1. The summed E-state index contributed by atoms with van der Waals surface area (Å²) in [4.78, 5) is 14.8. The Morgan fingerprint density at radius 3 is 2.53 bits per heavy atom. The number of hydrogen-bond donors (Lipinski definition) is 0. The van der Waals surface area contributed by atoms with Crippen LogP contribution in [0.25, 0.3) is 0 Å². The maximum atomic E-state index is 12.7. The number of carbonyl (C=O) groups is 1. The summed E-state index contributed by atoms with van der Waals surface area (Å²) in [6.07, 6.45) is 4.31. The summed E-state index contributed by atoms with van der Waals surface area (Å²) in [6, 6.07) is 1.95. The van der Waals surface area contributed by atoms with E-state index in [1.165, 1.54) is 0 Å². The summed E-state index contributed by atoms with van der Waals surface area (Å²) >= 11 is 1.60. The van der Waals surface area contributed by atoms with Gasteiger partial charge in [0.25, 0.3) is 0 Å². The molecule has 0 unspecified atom stereocenters. The van der Waals surface area contributed by atoms with Crippen LogP contribution in [0.4, 0.5) is 0 Å². The van der Waals surface area contributed by atoms with Crippen LogP contribution >= 0.6 is 11.3 Å². The lowest BCUT2D eigenvalue weighted by Crippen LogP contribution is -2.53. The minimum atomic E-state index is -0.256. The third kappa shape index (κ3) is 2.31. The van der Waals surface area contributed by atoms with Crippen LogP contribution in [0.1, 0.15) is 43.0 Å². The van der Waals surface area contributed by atoms with Gasteiger partial charge in [0.1, 0.15) is 0 Å². The van der Waals surface area contributed by atoms with Gasteiger partial charge in [0, 0.05) is 10.9 Å². The van der Waals surface area contributed by atoms with Gasteiger partial charge in [0.2, 0.25) is 0 Å². The molecule has 0 aromatic carbocycles. The molecule has 0 saturated heterocycles. The molecule has 0 radical (unpaired) electrons. The van der Waals surface area contributed by atoms with Crippen molar-refractivity contribution in [2.75, 3.05) is 14.1 Å². The van der Waals surface area contributed by atoms with E-state index in [9.17, 15) is 4.79 Å². The molecular formula is C14H21NOS. The van der Waals surface area contributed by atoms with Gasteiger partial charge in [-0.25, -0.2) is 0 Å². The molecule has 1 aliphatic rings. The predicted molar refractivity (Wildman–Crippen MR) is 72.7 cm³/mol. The van der Waals surface area contributed by atoms with Crippen LogP contribution in [0, 0.1) is 5.92 Å². The number of nitrogens with zero attached hydrogens (tertiary/aromatic N) is 1. The predicted octanol–water partition coefficient (Wildman–Crippen LogP) is 3.44. The van der Waals surface area contributed by atoms with Gasteiger partial charge in [-0.2, -0.15) is 11.3 Å². The van der Waals surface area contributed by atoms with E-state index >= 15 is 0 Å². The van der Waals surface area contributed by atoms with Gasteiger partial charge in [0.15, 0.2) is 5.78 Å². The maximum Gasteiger partial charge on any atom is 0.183 e. The van der Waals surface area contributed by atoms with E-state index in [0.29, 0.717) is 5.78 Å². The molecule has 1 aliphatic carbocycles. The van der Waals surface area contributed by atoms with Crippen LogP contribution < -0.4 is 0 Å². The minimum absolute atomic E-state index is 0.256. The summed E-state index contributed by atoms with van der Waals surface area (Å²) < 4.78 is 0. The summed E-state index contributed by atoms with van der Waals surface area (Å²) in [5, 5.41) is 3.97. The maximum absolute atomic E-state index is 12.7. The Kier molecular flexibility index (Phi) is 3.69. The molecule has 1 aromatic heterocycles. The zero-order chi connectivity index (χ0) is 12.5. The second-order valence-electron chi connectivity index (χ2n) is 5.45. The number of carbonyl (C=O) groups excluding carboxylic acids is 1. The molecule has 2 nitrogen and oxygen atoms in total. The van der Waals surface area contributed by atoms with Crippen molar-refractivity contribution in [3.8, 4) is 0 Å². The largest absolute Gasteiger partial charge is 0.297 e. The van der Waals surface area contributed by atoms with E-state index in [0.717, 1.165) is 37.2 Å². The quantitative estimate of drug-likeness (QED) is 0.767. The molecule has 0 spiro atoms. The minimum Gasteiger partial charge on any atom is -0.297 e. The molecular weight excluding hydrogens is 230 g/mol. The van der Waals surface area contributed by atoms with Crippen LogP contribution in [-0.4, -0.2) is 30.3 Å². The Bertz CT molecular complexity index is 375. The molecule has 0 atom stereocenters. The number of Topliss-reactive ketones (excluding diaryl/α,β-unsaturated/α-hetero) is 1. The molecule has 1 heterocycles. The highest BCUT2D eigenvalue weighted by molar-refractivity contribution is 7.08. The van der Waals surface area contributed by atoms with Crippen molar-refractivity contribution >= 4 is 17.1 Å². The molecule has 1 saturated carbocycles. The normalized spacial score (nSPS) is 29.5. The molecule has 1 fully saturated rings. The lowest BCUT2D eigenvalue weighted by molar-refractivity contribution is 0.0514. The van der Waals surface area contributed by atoms with Crippen LogP contribution in [0.3, 0.4) is 0 Å². The number of hydrogen-bond acceptors (Lipinski definition) is 3. The van der Waals surface area contributed by atoms with Gasteiger partial charge in [-0.1, -0.05) is 6.92 Å². The Labute approximate surface area is 108 Å². The van der Waals surface area contributed by atoms with Crippen molar-refractivity contribution in [2.45, 2.75) is 38.1 Å². The van der Waals surface area contributed by atoms with Gasteiger partial charge in [-0.15, -0.1) is 0 Å². The zero-order valence-corrected chi connectivity index (χ0v) is 11.7. The Morgan fingerprint density at radius 2 is 2.06 bits per heavy atom. The highest BCUT2D eigenvalue weighted by Crippen LogP contribution is 2.37. The molecule has 17 heavy (non-hydrogen) atoms. The van der Waals surface area contributed by atoms with Gasteiger partial charge in [0.05, 0.1) is 5.54 Å². The van der Waals surface area contributed by atoms with Crippen molar-refractivity contribution < 1.29 is 4.79 Å². The third-order valence-corrected chi connectivity index (χ3v) is 4.85. The summed E-state index contributed by atoms with van der Waals surface area (Å²) in [7, 11) is 4.08. The van der Waals surface area contributed by atoms with Crippen molar-refractivity contribution in [3.63, 3.8) is 0 Å². The Hall–Kier alpha value is -0.670. The van der Waals surface area contributed by atoms with Crippen molar-refractivity contribution in [1.82, 2.24) is 4.90 Å². The van der Waals surface area contributed by atoms with Crippen LogP contribution in [0.2, 0.25) is 0 Å². The van der Waals surface area contributed by atoms with E-state index in [-0.39, 0.29) is 5.54 Å². The van der Waals surface area contributed by atoms with E-state index in [1.807, 2.05) is 30.9 Å². The molecule has 0 N–H and O–H groups in total. The average Bonchev–Trinajstić information content (AvgIpc) is 2.82. The Balaban J connectivity index is 2.26. The van der Waals surface area contributed by atoms with Crippen LogP contribution in [-0.2, 0) is 0 Å². The highest BCUT2D eigenvalue weighted by Gasteiger charge is 2.43. The fourth-order valence-electron chi connectivity index (χ4n) is 2.78. The fourth-order valence-corrected chi connectivity index (χ4v) is 3.42. The topological polar surface area (TPSA) is 20.3 Å². The molecule has 0 bridgehead atoms. The average molecular weight is 251 g/mol. The van der Waals surface area contributed by atoms with Crippen molar-refractivity contribution in [3.05, 3.63) is 22.4 Å². The fraction of sp³-hybridized carbons (Fsp3) is 0.643. The molecule has 0 amide bonds. The monoisotopic (exact) mass is 251 g/mol. The first-order valence-electron chi connectivity index (χ1n) is 6.31. The standard InChI is InChI=1S/C14H21NOS/c1-11-4-7-14(8-5-11,15(2)3)13(16)12-6-9-17-10-12/h6,9-11H,4-5,7-8H2,1-3H3. The Morgan fingerprint density at radius 1 is 1.41 bits per heavy atom. The van der Waals surface area contributed by atoms with Crippen LogP contribution in [0.5, 0.6) is 0 Å². The molecule has 2 rings (SSSR count). The first kappa shape index (κ1) is 12.8. The second kappa shape index (κ2) is 4.91.